The molecule has 3 rings (SSSR count). The maximum absolute atomic E-state index is 12.7. The van der Waals surface area contributed by atoms with Gasteiger partial charge >= 0.3 is 0 Å². The molecule has 2 aromatic rings. The van der Waals surface area contributed by atoms with E-state index in [0.717, 1.165) is 36.2 Å². The first-order valence-corrected chi connectivity index (χ1v) is 7.55. The molecular weight excluding hydrogens is 280 g/mol. The molecule has 0 fully saturated rings. The van der Waals surface area contributed by atoms with E-state index in [-0.39, 0.29) is 24.5 Å². The molecule has 1 aromatic heterocycles. The number of amides is 1. The monoisotopic (exact) mass is 300 g/mol. The van der Waals surface area contributed by atoms with Crippen LogP contribution in [0.3, 0.4) is 0 Å². The number of nitrogens with zero attached hydrogens (tertiary/aromatic N) is 3. The summed E-state index contributed by atoms with van der Waals surface area (Å²) in [4.78, 5) is 12.7. The van der Waals surface area contributed by atoms with Gasteiger partial charge in [-0.3, -0.25) is 9.48 Å². The number of aromatic nitrogens is 3. The zero-order valence-electron chi connectivity index (χ0n) is 12.6. The van der Waals surface area contributed by atoms with Crippen molar-refractivity contribution < 1.29 is 9.90 Å². The van der Waals surface area contributed by atoms with E-state index in [0.29, 0.717) is 0 Å². The molecule has 2 atom stereocenters. The zero-order valence-corrected chi connectivity index (χ0v) is 12.6. The predicted octanol–water partition coefficient (Wildman–Crippen LogP) is 1.08. The first kappa shape index (κ1) is 14.7. The average Bonchev–Trinajstić information content (AvgIpc) is 2.94. The van der Waals surface area contributed by atoms with E-state index in [1.807, 2.05) is 37.4 Å². The molecule has 0 saturated heterocycles. The van der Waals surface area contributed by atoms with Gasteiger partial charge in [0.05, 0.1) is 30.0 Å². The number of benzene rings is 1. The highest BCUT2D eigenvalue weighted by Gasteiger charge is 2.32. The van der Waals surface area contributed by atoms with Gasteiger partial charge < -0.3 is 10.4 Å². The Bertz CT molecular complexity index is 653. The highest BCUT2D eigenvalue weighted by molar-refractivity contribution is 5.84. The fourth-order valence-corrected chi connectivity index (χ4v) is 3.07. The molecular formula is C16H20N4O2. The highest BCUT2D eigenvalue weighted by atomic mass is 16.3. The van der Waals surface area contributed by atoms with Gasteiger partial charge in [-0.2, -0.15) is 0 Å². The minimum atomic E-state index is -0.389. The van der Waals surface area contributed by atoms with Crippen molar-refractivity contribution in [3.8, 4) is 0 Å². The number of rotatable bonds is 4. The van der Waals surface area contributed by atoms with Crippen molar-refractivity contribution in [2.75, 3.05) is 6.61 Å². The Morgan fingerprint density at radius 3 is 2.95 bits per heavy atom. The van der Waals surface area contributed by atoms with E-state index in [1.165, 1.54) is 0 Å². The summed E-state index contributed by atoms with van der Waals surface area (Å²) >= 11 is 0. The number of aryl methyl sites for hydroxylation is 2. The lowest BCUT2D eigenvalue weighted by Gasteiger charge is -2.24. The van der Waals surface area contributed by atoms with Crippen molar-refractivity contribution in [2.45, 2.75) is 31.2 Å². The average molecular weight is 300 g/mol. The molecule has 0 aliphatic heterocycles. The summed E-state index contributed by atoms with van der Waals surface area (Å²) in [5.74, 6) is -0.323. The van der Waals surface area contributed by atoms with Gasteiger partial charge in [0.1, 0.15) is 0 Å². The van der Waals surface area contributed by atoms with Crippen molar-refractivity contribution in [1.82, 2.24) is 20.3 Å². The van der Waals surface area contributed by atoms with Crippen molar-refractivity contribution in [1.29, 1.82) is 0 Å². The third-order valence-electron chi connectivity index (χ3n) is 4.20. The molecule has 1 amide bonds. The summed E-state index contributed by atoms with van der Waals surface area (Å²) in [6.45, 7) is -0.126. The lowest BCUT2D eigenvalue weighted by Crippen LogP contribution is -2.36. The van der Waals surface area contributed by atoms with Crippen LogP contribution in [0.2, 0.25) is 0 Å². The Morgan fingerprint density at radius 2 is 2.23 bits per heavy atom. The summed E-state index contributed by atoms with van der Waals surface area (Å²) < 4.78 is 1.69. The largest absolute Gasteiger partial charge is 0.394 e. The quantitative estimate of drug-likeness (QED) is 0.885. The minimum absolute atomic E-state index is 0.0748. The van der Waals surface area contributed by atoms with Gasteiger partial charge in [0.2, 0.25) is 5.91 Å². The number of carbonyl (C=O) groups excluding carboxylic acids is 1. The molecule has 2 N–H and O–H groups in total. The molecule has 0 radical (unpaired) electrons. The SMILES string of the molecule is Cn1nnc2c1C(C(=O)NC(CO)c1ccccc1)CCC2. The summed E-state index contributed by atoms with van der Waals surface area (Å²) in [7, 11) is 1.82. The van der Waals surface area contributed by atoms with Crippen LogP contribution in [0.15, 0.2) is 30.3 Å². The van der Waals surface area contributed by atoms with E-state index in [4.69, 9.17) is 0 Å². The lowest BCUT2D eigenvalue weighted by molar-refractivity contribution is -0.124. The summed E-state index contributed by atoms with van der Waals surface area (Å²) in [6, 6.07) is 9.12. The third-order valence-corrected chi connectivity index (χ3v) is 4.20. The molecule has 1 aliphatic carbocycles. The second-order valence-corrected chi connectivity index (χ2v) is 5.64. The van der Waals surface area contributed by atoms with Crippen LogP contribution in [-0.4, -0.2) is 32.6 Å². The topological polar surface area (TPSA) is 80.0 Å². The third kappa shape index (κ3) is 2.74. The molecule has 0 saturated carbocycles. The number of fused-ring (bicyclic) bond motifs is 1. The number of hydrogen-bond donors (Lipinski definition) is 2. The molecule has 1 heterocycles. The summed E-state index contributed by atoms with van der Waals surface area (Å²) in [6.07, 6.45) is 2.58. The number of aliphatic hydroxyl groups is 1. The van der Waals surface area contributed by atoms with E-state index in [1.54, 1.807) is 4.68 Å². The first-order valence-electron chi connectivity index (χ1n) is 7.55. The van der Waals surface area contributed by atoms with Crippen LogP contribution in [0.4, 0.5) is 0 Å². The summed E-state index contributed by atoms with van der Waals surface area (Å²) in [5, 5.41) is 20.7. The molecule has 6 heteroatoms. The summed E-state index contributed by atoms with van der Waals surface area (Å²) in [5.41, 5.74) is 2.71. The van der Waals surface area contributed by atoms with Gasteiger partial charge in [0, 0.05) is 7.05 Å². The predicted molar refractivity (Wildman–Crippen MR) is 81.1 cm³/mol. The fraction of sp³-hybridized carbons (Fsp3) is 0.438. The number of nitrogens with one attached hydrogen (secondary N) is 1. The number of hydrogen-bond acceptors (Lipinski definition) is 4. The molecule has 1 aliphatic rings. The zero-order chi connectivity index (χ0) is 15.5. The van der Waals surface area contributed by atoms with Crippen LogP contribution in [0.5, 0.6) is 0 Å². The lowest BCUT2D eigenvalue weighted by atomic mass is 9.88. The minimum Gasteiger partial charge on any atom is -0.394 e. The van der Waals surface area contributed by atoms with Gasteiger partial charge in [-0.25, -0.2) is 0 Å². The van der Waals surface area contributed by atoms with E-state index < -0.39 is 0 Å². The Morgan fingerprint density at radius 1 is 1.45 bits per heavy atom. The Balaban J connectivity index is 1.79. The van der Waals surface area contributed by atoms with Crippen molar-refractivity contribution in [2.24, 2.45) is 7.05 Å². The van der Waals surface area contributed by atoms with Crippen LogP contribution < -0.4 is 5.32 Å². The number of aliphatic hydroxyl groups excluding tert-OH is 1. The van der Waals surface area contributed by atoms with Crippen LogP contribution in [-0.2, 0) is 18.3 Å². The van der Waals surface area contributed by atoms with Gasteiger partial charge in [-0.1, -0.05) is 35.5 Å². The highest BCUT2D eigenvalue weighted by Crippen LogP contribution is 2.30. The van der Waals surface area contributed by atoms with Gasteiger partial charge in [0.25, 0.3) is 0 Å². The molecule has 116 valence electrons. The molecule has 0 spiro atoms. The second-order valence-electron chi connectivity index (χ2n) is 5.64. The van der Waals surface area contributed by atoms with Crippen LogP contribution >= 0.6 is 0 Å². The standard InChI is InChI=1S/C16H20N4O2/c1-20-15-12(8-5-9-13(15)18-19-20)16(22)17-14(10-21)11-6-3-2-4-7-11/h2-4,6-7,12,14,21H,5,8-10H2,1H3,(H,17,22). The van der Waals surface area contributed by atoms with Crippen molar-refractivity contribution >= 4 is 5.91 Å². The maximum atomic E-state index is 12.7. The van der Waals surface area contributed by atoms with E-state index >= 15 is 0 Å². The van der Waals surface area contributed by atoms with Gasteiger partial charge in [-0.15, -0.1) is 5.10 Å². The fourth-order valence-electron chi connectivity index (χ4n) is 3.07. The smallest absolute Gasteiger partial charge is 0.229 e. The second kappa shape index (κ2) is 6.27. The maximum Gasteiger partial charge on any atom is 0.229 e. The first-order chi connectivity index (χ1) is 10.7. The molecule has 2 unspecified atom stereocenters. The Hall–Kier alpha value is -2.21. The van der Waals surface area contributed by atoms with Crippen LogP contribution in [0.25, 0.3) is 0 Å². The van der Waals surface area contributed by atoms with Gasteiger partial charge in [-0.05, 0) is 24.8 Å². The van der Waals surface area contributed by atoms with E-state index in [2.05, 4.69) is 15.6 Å². The van der Waals surface area contributed by atoms with Crippen molar-refractivity contribution in [3.05, 3.63) is 47.3 Å². The molecule has 22 heavy (non-hydrogen) atoms. The Kier molecular flexibility index (Phi) is 4.20. The van der Waals surface area contributed by atoms with E-state index in [9.17, 15) is 9.90 Å². The van der Waals surface area contributed by atoms with Crippen LogP contribution in [0.1, 0.15) is 41.8 Å². The molecule has 1 aromatic carbocycles. The Labute approximate surface area is 129 Å². The molecule has 0 bridgehead atoms. The molecule has 6 nitrogen and oxygen atoms in total. The normalized spacial score (nSPS) is 18.5. The van der Waals surface area contributed by atoms with Crippen molar-refractivity contribution in [3.63, 3.8) is 0 Å². The van der Waals surface area contributed by atoms with Crippen LogP contribution in [0, 0.1) is 0 Å². The van der Waals surface area contributed by atoms with Gasteiger partial charge in [0.15, 0.2) is 0 Å². The number of carbonyl (C=O) groups is 1.